The van der Waals surface area contributed by atoms with Gasteiger partial charge in [-0.2, -0.15) is 9.97 Å². The van der Waals surface area contributed by atoms with Gasteiger partial charge in [0.15, 0.2) is 0 Å². The molecule has 0 unspecified atom stereocenters. The number of aliphatic hydroxyl groups excluding tert-OH is 1. The van der Waals surface area contributed by atoms with Crippen LogP contribution in [0.4, 0.5) is 17.6 Å². The Kier molecular flexibility index (Phi) is 7.36. The normalized spacial score (nSPS) is 10.9. The van der Waals surface area contributed by atoms with Gasteiger partial charge < -0.3 is 26.2 Å². The Morgan fingerprint density at radius 1 is 1.13 bits per heavy atom. The van der Waals surface area contributed by atoms with Crippen LogP contribution in [0, 0.1) is 0 Å². The number of nitrogen functional groups attached to an aromatic ring is 2. The topological polar surface area (TPSA) is 136 Å². The van der Waals surface area contributed by atoms with E-state index >= 15 is 0 Å². The Morgan fingerprint density at radius 2 is 1.90 bits per heavy atom. The van der Waals surface area contributed by atoms with Crippen molar-refractivity contribution < 1.29 is 9.84 Å². The molecule has 3 aromatic heterocycles. The molecule has 0 fully saturated rings. The fourth-order valence-electron chi connectivity index (χ4n) is 2.94. The molecule has 0 aliphatic carbocycles. The van der Waals surface area contributed by atoms with Crippen molar-refractivity contribution in [1.82, 2.24) is 19.9 Å². The predicted molar refractivity (Wildman–Crippen MR) is 120 cm³/mol. The monoisotopic (exact) mass is 429 g/mol. The second kappa shape index (κ2) is 10.2. The summed E-state index contributed by atoms with van der Waals surface area (Å²) in [6, 6.07) is 5.29. The third-order valence-electron chi connectivity index (χ3n) is 4.34. The van der Waals surface area contributed by atoms with Crippen LogP contribution in [0.1, 0.15) is 30.8 Å². The third-order valence-corrected chi connectivity index (χ3v) is 5.54. The van der Waals surface area contributed by atoms with Gasteiger partial charge in [0.2, 0.25) is 11.8 Å². The molecule has 0 aliphatic heterocycles. The molecule has 0 aromatic carbocycles. The van der Waals surface area contributed by atoms with Crippen LogP contribution in [0.3, 0.4) is 0 Å². The molecule has 0 spiro atoms. The second-order valence-electron chi connectivity index (χ2n) is 6.63. The van der Waals surface area contributed by atoms with Crippen LogP contribution in [-0.4, -0.2) is 44.8 Å². The van der Waals surface area contributed by atoms with E-state index in [9.17, 15) is 0 Å². The first-order chi connectivity index (χ1) is 14.5. The fraction of sp³-hybridized carbons (Fsp3) is 0.400. The molecule has 0 bridgehead atoms. The number of hydrogen-bond acceptors (Lipinski definition) is 10. The summed E-state index contributed by atoms with van der Waals surface area (Å²) in [5.74, 6) is 1.65. The van der Waals surface area contributed by atoms with Crippen molar-refractivity contribution in [1.29, 1.82) is 0 Å². The van der Waals surface area contributed by atoms with Crippen molar-refractivity contribution in [2.75, 3.05) is 36.1 Å². The molecule has 9 nitrogen and oxygen atoms in total. The van der Waals surface area contributed by atoms with Crippen LogP contribution in [-0.2, 0) is 13.0 Å². The van der Waals surface area contributed by atoms with Crippen molar-refractivity contribution >= 4 is 28.9 Å². The molecule has 0 amide bonds. The zero-order valence-electron chi connectivity index (χ0n) is 17.2. The summed E-state index contributed by atoms with van der Waals surface area (Å²) in [7, 11) is 0. The number of hydrogen-bond donors (Lipinski definition) is 3. The summed E-state index contributed by atoms with van der Waals surface area (Å²) in [4.78, 5) is 21.0. The third kappa shape index (κ3) is 5.33. The molecule has 10 heteroatoms. The van der Waals surface area contributed by atoms with Crippen LogP contribution in [0.15, 0.2) is 24.4 Å². The molecule has 0 saturated heterocycles. The molecular formula is C20H27N7O2S. The van der Waals surface area contributed by atoms with E-state index in [1.54, 1.807) is 23.6 Å². The standard InChI is InChI=1S/C20H27N7O2S/c1-3-5-15-14(12-27(4-2)20-25-16(21)11-17(22)26-20)24-19(30-15)13-6-7-23-18(10-13)29-9-8-28/h6-7,10-11,28H,3-5,8-9,12H2,1-2H3,(H4,21,22,25,26). The molecular weight excluding hydrogens is 402 g/mol. The number of nitrogens with zero attached hydrogens (tertiary/aromatic N) is 5. The number of aryl methyl sites for hydroxylation is 1. The summed E-state index contributed by atoms with van der Waals surface area (Å²) in [5.41, 5.74) is 13.6. The van der Waals surface area contributed by atoms with E-state index in [0.717, 1.165) is 29.1 Å². The van der Waals surface area contributed by atoms with Gasteiger partial charge in [-0.3, -0.25) is 0 Å². The summed E-state index contributed by atoms with van der Waals surface area (Å²) in [6.45, 7) is 5.58. The molecule has 0 atom stereocenters. The van der Waals surface area contributed by atoms with E-state index in [2.05, 4.69) is 21.9 Å². The van der Waals surface area contributed by atoms with Crippen LogP contribution < -0.4 is 21.1 Å². The number of pyridine rings is 1. The van der Waals surface area contributed by atoms with E-state index in [1.807, 2.05) is 24.0 Å². The highest BCUT2D eigenvalue weighted by Gasteiger charge is 2.18. The number of thiazole rings is 1. The molecule has 30 heavy (non-hydrogen) atoms. The molecule has 0 saturated carbocycles. The highest BCUT2D eigenvalue weighted by molar-refractivity contribution is 7.15. The highest BCUT2D eigenvalue weighted by Crippen LogP contribution is 2.31. The summed E-state index contributed by atoms with van der Waals surface area (Å²) in [6.07, 6.45) is 3.64. The van der Waals surface area contributed by atoms with Gasteiger partial charge in [-0.05, 0) is 19.4 Å². The average Bonchev–Trinajstić information content (AvgIpc) is 3.13. The van der Waals surface area contributed by atoms with Gasteiger partial charge in [-0.1, -0.05) is 13.3 Å². The number of aromatic nitrogens is 4. The van der Waals surface area contributed by atoms with Crippen LogP contribution in [0.5, 0.6) is 5.88 Å². The van der Waals surface area contributed by atoms with E-state index in [1.165, 1.54) is 4.88 Å². The predicted octanol–water partition coefficient (Wildman–Crippen LogP) is 2.51. The zero-order valence-corrected chi connectivity index (χ0v) is 18.0. The number of aliphatic hydroxyl groups is 1. The Hall–Kier alpha value is -2.98. The van der Waals surface area contributed by atoms with Gasteiger partial charge in [0.05, 0.1) is 18.8 Å². The molecule has 5 N–H and O–H groups in total. The Labute approximate surface area is 179 Å². The lowest BCUT2D eigenvalue weighted by Crippen LogP contribution is -2.25. The van der Waals surface area contributed by atoms with Crippen molar-refractivity contribution in [3.8, 4) is 16.5 Å². The maximum Gasteiger partial charge on any atom is 0.229 e. The second-order valence-corrected chi connectivity index (χ2v) is 7.71. The van der Waals surface area contributed by atoms with Gasteiger partial charge in [0.1, 0.15) is 23.3 Å². The lowest BCUT2D eigenvalue weighted by molar-refractivity contribution is 0.197. The van der Waals surface area contributed by atoms with Gasteiger partial charge in [0.25, 0.3) is 0 Å². The molecule has 3 rings (SSSR count). The average molecular weight is 430 g/mol. The Bertz CT molecular complexity index is 959. The van der Waals surface area contributed by atoms with Crippen LogP contribution in [0.25, 0.3) is 10.6 Å². The molecule has 160 valence electrons. The van der Waals surface area contributed by atoms with E-state index in [0.29, 0.717) is 36.6 Å². The van der Waals surface area contributed by atoms with Gasteiger partial charge in [-0.15, -0.1) is 11.3 Å². The number of ether oxygens (including phenoxy) is 1. The lowest BCUT2D eigenvalue weighted by atomic mass is 10.2. The van der Waals surface area contributed by atoms with Gasteiger partial charge in [-0.25, -0.2) is 9.97 Å². The van der Waals surface area contributed by atoms with Crippen LogP contribution in [0.2, 0.25) is 0 Å². The first-order valence-electron chi connectivity index (χ1n) is 9.87. The quantitative estimate of drug-likeness (QED) is 0.444. The lowest BCUT2D eigenvalue weighted by Gasteiger charge is -2.20. The largest absolute Gasteiger partial charge is 0.475 e. The van der Waals surface area contributed by atoms with Crippen molar-refractivity contribution in [3.63, 3.8) is 0 Å². The van der Waals surface area contributed by atoms with Crippen molar-refractivity contribution in [2.24, 2.45) is 0 Å². The first-order valence-corrected chi connectivity index (χ1v) is 10.7. The number of anilines is 3. The van der Waals surface area contributed by atoms with Crippen molar-refractivity contribution in [3.05, 3.63) is 35.0 Å². The minimum Gasteiger partial charge on any atom is -0.475 e. The van der Waals surface area contributed by atoms with Crippen LogP contribution >= 0.6 is 11.3 Å². The van der Waals surface area contributed by atoms with E-state index in [-0.39, 0.29) is 13.2 Å². The minimum absolute atomic E-state index is 0.0581. The summed E-state index contributed by atoms with van der Waals surface area (Å²) >= 11 is 1.66. The Balaban J connectivity index is 1.90. The summed E-state index contributed by atoms with van der Waals surface area (Å²) < 4.78 is 5.43. The maximum absolute atomic E-state index is 8.95. The van der Waals surface area contributed by atoms with E-state index < -0.39 is 0 Å². The first kappa shape index (κ1) is 21.7. The number of nitrogens with two attached hydrogens (primary N) is 2. The van der Waals surface area contributed by atoms with Crippen molar-refractivity contribution in [2.45, 2.75) is 33.2 Å². The zero-order chi connectivity index (χ0) is 21.5. The molecule has 0 radical (unpaired) electrons. The summed E-state index contributed by atoms with van der Waals surface area (Å²) in [5, 5.41) is 9.85. The van der Waals surface area contributed by atoms with Gasteiger partial charge in [0, 0.05) is 35.3 Å². The number of rotatable bonds is 10. The molecule has 3 aromatic rings. The SMILES string of the molecule is CCCc1sc(-c2ccnc(OCCO)c2)nc1CN(CC)c1nc(N)cc(N)n1. The maximum atomic E-state index is 8.95. The van der Waals surface area contributed by atoms with E-state index in [4.69, 9.17) is 26.3 Å². The molecule has 3 heterocycles. The fourth-order valence-corrected chi connectivity index (χ4v) is 4.11. The smallest absolute Gasteiger partial charge is 0.229 e. The highest BCUT2D eigenvalue weighted by atomic mass is 32.1. The minimum atomic E-state index is -0.0581. The Morgan fingerprint density at radius 3 is 2.57 bits per heavy atom. The van der Waals surface area contributed by atoms with Gasteiger partial charge >= 0.3 is 0 Å². The molecule has 0 aliphatic rings.